The maximum absolute atomic E-state index is 13.0. The fourth-order valence-corrected chi connectivity index (χ4v) is 4.26. The molecule has 0 N–H and O–H groups in total. The van der Waals surface area contributed by atoms with Gasteiger partial charge in [0, 0.05) is 58.0 Å². The van der Waals surface area contributed by atoms with Gasteiger partial charge in [0.25, 0.3) is 0 Å². The normalized spacial score (nSPS) is 10.2. The molecule has 0 saturated carbocycles. The molecule has 3 aromatic carbocycles. The maximum atomic E-state index is 13.0. The molecule has 0 heterocycles. The number of ketones is 1. The number of hydrogen-bond donors (Lipinski definition) is 0. The second-order valence-corrected chi connectivity index (χ2v) is 11.5. The first kappa shape index (κ1) is 39.6. The van der Waals surface area contributed by atoms with Crippen molar-refractivity contribution in [3.63, 3.8) is 0 Å². The highest BCUT2D eigenvalue weighted by Gasteiger charge is 2.25. The van der Waals surface area contributed by atoms with Crippen molar-refractivity contribution in [2.75, 3.05) is 0 Å². The van der Waals surface area contributed by atoms with E-state index < -0.39 is 29.8 Å². The van der Waals surface area contributed by atoms with Gasteiger partial charge in [0.05, 0.1) is 0 Å². The number of Topliss-reactive ketones (excluding diaryl/α,β-unsaturated/α-hetero) is 1. The Morgan fingerprint density at radius 1 is 0.500 bits per heavy atom. The molecule has 0 saturated heterocycles. The summed E-state index contributed by atoms with van der Waals surface area (Å²) in [5, 5.41) is 0. The van der Waals surface area contributed by atoms with Crippen LogP contribution in [0.3, 0.4) is 0 Å². The molecule has 0 fully saturated rings. The van der Waals surface area contributed by atoms with Crippen molar-refractivity contribution in [1.29, 1.82) is 0 Å². The lowest BCUT2D eigenvalue weighted by molar-refractivity contribution is -0.131. The number of benzene rings is 3. The highest BCUT2D eigenvalue weighted by molar-refractivity contribution is 5.98. The fraction of sp³-hybridized carbons (Fsp3) is 0.122. The topological polar surface area (TPSA) is 149 Å². The average Bonchev–Trinajstić information content (AvgIpc) is 3.08. The van der Waals surface area contributed by atoms with Gasteiger partial charge in [0.1, 0.15) is 28.7 Å². The Morgan fingerprint density at radius 2 is 0.904 bits per heavy atom. The van der Waals surface area contributed by atoms with Gasteiger partial charge in [-0.05, 0) is 80.8 Å². The summed E-state index contributed by atoms with van der Waals surface area (Å²) in [7, 11) is 0. The summed E-state index contributed by atoms with van der Waals surface area (Å²) in [6, 6.07) is 11.2. The third-order valence-electron chi connectivity index (χ3n) is 6.94. The molecule has 0 aromatic heterocycles. The van der Waals surface area contributed by atoms with E-state index in [0.29, 0.717) is 11.1 Å². The first-order valence-electron chi connectivity index (χ1n) is 15.4. The molecule has 266 valence electrons. The number of hydrogen-bond acceptors (Lipinski definition) is 11. The summed E-state index contributed by atoms with van der Waals surface area (Å²) in [4.78, 5) is 75.7. The molecule has 0 unspecified atom stereocenters. The summed E-state index contributed by atoms with van der Waals surface area (Å²) in [6.07, 6.45) is 1.62. The van der Waals surface area contributed by atoms with E-state index >= 15 is 0 Å². The first-order chi connectivity index (χ1) is 24.4. The van der Waals surface area contributed by atoms with Crippen LogP contribution in [0.5, 0.6) is 28.7 Å². The van der Waals surface area contributed by atoms with Crippen LogP contribution in [0, 0.1) is 0 Å². The number of rotatable bonds is 15. The van der Waals surface area contributed by atoms with Crippen LogP contribution < -0.4 is 23.7 Å². The number of carbonyl (C=O) groups excluding carboxylic acids is 6. The molecule has 3 rings (SSSR count). The lowest BCUT2D eigenvalue weighted by atomic mass is 9.92. The molecular formula is C41H36O11. The minimum atomic E-state index is -0.879. The molecule has 0 aliphatic carbocycles. The summed E-state index contributed by atoms with van der Waals surface area (Å²) in [6.45, 7) is 27.3. The largest absolute Gasteiger partial charge is 0.423 e. The van der Waals surface area contributed by atoms with Gasteiger partial charge in [-0.3, -0.25) is 4.79 Å². The van der Waals surface area contributed by atoms with Gasteiger partial charge in [0.15, 0.2) is 5.78 Å². The lowest BCUT2D eigenvalue weighted by Gasteiger charge is -2.20. The Hall–Kier alpha value is -6.88. The monoisotopic (exact) mass is 704 g/mol. The SMILES string of the molecule is C=CC(=O)Oc1cc(-c2ccc(OC(=O)C(=C)C)cc2OC(=O)C(=C)C)c(OC(=O)C=C)cc1-c1ccc(OC(=O)C(=C)C)cc1CC(=O)C(=C)C. The van der Waals surface area contributed by atoms with Crippen molar-refractivity contribution in [2.45, 2.75) is 34.1 Å². The Kier molecular flexibility index (Phi) is 13.1. The lowest BCUT2D eigenvalue weighted by Crippen LogP contribution is -2.12. The second-order valence-electron chi connectivity index (χ2n) is 11.5. The molecule has 0 radical (unpaired) electrons. The van der Waals surface area contributed by atoms with Gasteiger partial charge in [-0.1, -0.05) is 45.5 Å². The van der Waals surface area contributed by atoms with Gasteiger partial charge >= 0.3 is 29.8 Å². The van der Waals surface area contributed by atoms with E-state index in [1.807, 2.05) is 0 Å². The summed E-state index contributed by atoms with van der Waals surface area (Å²) < 4.78 is 27.7. The Morgan fingerprint density at radius 3 is 1.35 bits per heavy atom. The number of allylic oxidation sites excluding steroid dienone is 1. The smallest absolute Gasteiger partial charge is 0.338 e. The molecule has 11 heteroatoms. The predicted octanol–water partition coefficient (Wildman–Crippen LogP) is 7.34. The van der Waals surface area contributed by atoms with Gasteiger partial charge in [-0.25, -0.2) is 24.0 Å². The third-order valence-corrected chi connectivity index (χ3v) is 6.94. The van der Waals surface area contributed by atoms with Crippen molar-refractivity contribution in [3.05, 3.63) is 128 Å². The van der Waals surface area contributed by atoms with Crippen LogP contribution in [0.2, 0.25) is 0 Å². The molecule has 0 amide bonds. The quantitative estimate of drug-likeness (QED) is 0.0889. The maximum Gasteiger partial charge on any atom is 0.338 e. The van der Waals surface area contributed by atoms with Crippen LogP contribution in [0.1, 0.15) is 33.3 Å². The molecule has 3 aromatic rings. The zero-order valence-corrected chi connectivity index (χ0v) is 29.2. The van der Waals surface area contributed by atoms with Gasteiger partial charge < -0.3 is 23.7 Å². The van der Waals surface area contributed by atoms with Crippen LogP contribution in [0.4, 0.5) is 0 Å². The predicted molar refractivity (Wildman–Crippen MR) is 194 cm³/mol. The van der Waals surface area contributed by atoms with E-state index in [1.165, 1.54) is 76.2 Å². The molecule has 0 aliphatic rings. The number of esters is 5. The Bertz CT molecular complexity index is 1950. The molecular weight excluding hydrogens is 668 g/mol. The second kappa shape index (κ2) is 17.2. The zero-order valence-electron chi connectivity index (χ0n) is 29.2. The van der Waals surface area contributed by atoms with Crippen molar-refractivity contribution in [1.82, 2.24) is 0 Å². The van der Waals surface area contributed by atoms with Crippen LogP contribution in [0.25, 0.3) is 22.3 Å². The van der Waals surface area contributed by atoms with Crippen LogP contribution in [-0.4, -0.2) is 35.6 Å². The van der Waals surface area contributed by atoms with Crippen LogP contribution in [-0.2, 0) is 35.2 Å². The highest BCUT2D eigenvalue weighted by atomic mass is 16.6. The average molecular weight is 705 g/mol. The summed E-state index contributed by atoms with van der Waals surface area (Å²) >= 11 is 0. The third kappa shape index (κ3) is 10.1. The van der Waals surface area contributed by atoms with E-state index in [1.54, 1.807) is 0 Å². The number of carbonyl (C=O) groups is 6. The van der Waals surface area contributed by atoms with Crippen molar-refractivity contribution in [3.8, 4) is 51.0 Å². The Labute approximate surface area is 300 Å². The molecule has 0 spiro atoms. The minimum Gasteiger partial charge on any atom is -0.423 e. The van der Waals surface area contributed by atoms with Crippen molar-refractivity contribution < 1.29 is 52.5 Å². The van der Waals surface area contributed by atoms with Crippen LogP contribution >= 0.6 is 0 Å². The molecule has 0 atom stereocenters. The molecule has 0 aliphatic heterocycles. The van der Waals surface area contributed by atoms with E-state index in [0.717, 1.165) is 12.2 Å². The zero-order chi connectivity index (χ0) is 38.9. The van der Waals surface area contributed by atoms with E-state index in [2.05, 4.69) is 39.5 Å². The Balaban J connectivity index is 2.44. The standard InChI is InChI=1S/C41H36O11/c1-11-37(43)50-35-21-32(30-16-14-28(49-40(46)24(7)8)19-34(30)52-41(47)25(9)10)36(51-38(44)12-2)20-31(35)29-15-13-27(48-39(45)23(5)6)17-26(29)18-33(42)22(3)4/h11-17,19-21H,1-3,5,7,9,18H2,4,6,8,10H3. The first-order valence-corrected chi connectivity index (χ1v) is 15.4. The van der Waals surface area contributed by atoms with E-state index in [4.69, 9.17) is 23.7 Å². The highest BCUT2D eigenvalue weighted by Crippen LogP contribution is 2.46. The van der Waals surface area contributed by atoms with Crippen molar-refractivity contribution >= 4 is 35.6 Å². The molecule has 52 heavy (non-hydrogen) atoms. The van der Waals surface area contributed by atoms with E-state index in [9.17, 15) is 28.8 Å². The van der Waals surface area contributed by atoms with Gasteiger partial charge in [0.2, 0.25) is 0 Å². The van der Waals surface area contributed by atoms with Gasteiger partial charge in [-0.15, -0.1) is 0 Å². The van der Waals surface area contributed by atoms with Crippen LogP contribution in [0.15, 0.2) is 122 Å². The summed E-state index contributed by atoms with van der Waals surface area (Å²) in [5.74, 6) is -4.67. The van der Waals surface area contributed by atoms with Crippen molar-refractivity contribution in [2.24, 2.45) is 0 Å². The fourth-order valence-electron chi connectivity index (χ4n) is 4.26. The van der Waals surface area contributed by atoms with Gasteiger partial charge in [-0.2, -0.15) is 0 Å². The molecule has 0 bridgehead atoms. The molecule has 11 nitrogen and oxygen atoms in total. The number of ether oxygens (including phenoxy) is 5. The minimum absolute atomic E-state index is 0.0138. The summed E-state index contributed by atoms with van der Waals surface area (Å²) in [5.41, 5.74) is 1.52. The van der Waals surface area contributed by atoms with E-state index in [-0.39, 0.29) is 79.9 Å².